The van der Waals surface area contributed by atoms with Crippen LogP contribution in [0.15, 0.2) is 59.7 Å². The molecule has 0 amide bonds. The van der Waals surface area contributed by atoms with Crippen molar-refractivity contribution >= 4 is 63.1 Å². The van der Waals surface area contributed by atoms with E-state index in [9.17, 15) is 9.79 Å². The minimum absolute atomic E-state index is 0.144. The number of ether oxygens (including phenoxy) is 1. The van der Waals surface area contributed by atoms with Gasteiger partial charge in [-0.3, -0.25) is 14.5 Å². The van der Waals surface area contributed by atoms with Crippen molar-refractivity contribution in [3.05, 3.63) is 59.7 Å². The molecule has 56 heavy (non-hydrogen) atoms. The topological polar surface area (TPSA) is 174 Å². The first-order valence-electron chi connectivity index (χ1n) is 19.1. The van der Waals surface area contributed by atoms with Gasteiger partial charge in [-0.15, -0.1) is 0 Å². The van der Waals surface area contributed by atoms with Gasteiger partial charge in [-0.1, -0.05) is 0 Å². The van der Waals surface area contributed by atoms with E-state index in [2.05, 4.69) is 91.9 Å². The number of fused-ring (bicyclic) bond motifs is 1. The molecule has 3 aromatic heterocycles. The number of piperazine rings is 1. The number of anilines is 5. The fraction of sp³-hybridized carbons (Fsp3) is 0.447. The van der Waals surface area contributed by atoms with Gasteiger partial charge in [-0.25, -0.2) is 0 Å². The van der Waals surface area contributed by atoms with E-state index in [1.807, 2.05) is 10.9 Å². The minimum Gasteiger partial charge on any atom is -0.368 e. The van der Waals surface area contributed by atoms with Gasteiger partial charge >= 0.3 is 203 Å². The van der Waals surface area contributed by atoms with E-state index in [4.69, 9.17) is 14.2 Å². The van der Waals surface area contributed by atoms with Gasteiger partial charge in [0.15, 0.2) is 0 Å². The van der Waals surface area contributed by atoms with Crippen molar-refractivity contribution in [2.75, 3.05) is 88.3 Å². The maximum absolute atomic E-state index is 10.7. The zero-order valence-electron chi connectivity index (χ0n) is 32.2. The summed E-state index contributed by atoms with van der Waals surface area (Å²) >= 11 is 3.57. The first-order valence-corrected chi connectivity index (χ1v) is 22.9. The molecule has 3 saturated heterocycles. The SMILES string of the molecule is CCn1cc(-c2cc(Nc3ncc(Br)c(Nc4ccc5nccnc5c4OP(C)(C)(O)O)n3)c(OC)cc2N2CCN(C3CCN(C4CNC4)CC3)CC2)cn1. The first kappa shape index (κ1) is 38.6. The third-order valence-electron chi connectivity index (χ3n) is 10.7. The van der Waals surface area contributed by atoms with Crippen LogP contribution in [-0.2, 0) is 6.54 Å². The molecule has 6 heterocycles. The number of aromatic nitrogens is 6. The summed E-state index contributed by atoms with van der Waals surface area (Å²) in [6, 6.07) is 9.05. The second kappa shape index (κ2) is 15.6. The monoisotopic (exact) mass is 848 g/mol. The Morgan fingerprint density at radius 3 is 2.34 bits per heavy atom. The third-order valence-corrected chi connectivity index (χ3v) is 12.0. The van der Waals surface area contributed by atoms with Crippen LogP contribution in [0, 0.1) is 0 Å². The average Bonchev–Trinajstić information content (AvgIpc) is 3.65. The number of aryl methyl sites for hydroxylation is 1. The van der Waals surface area contributed by atoms with Crippen LogP contribution < -0.4 is 30.1 Å². The van der Waals surface area contributed by atoms with Gasteiger partial charge < -0.3 is 10.2 Å². The number of nitrogens with one attached hydrogen (secondary N) is 3. The molecule has 5 N–H and O–H groups in total. The van der Waals surface area contributed by atoms with E-state index in [1.54, 1.807) is 31.6 Å². The fourth-order valence-electron chi connectivity index (χ4n) is 7.71. The van der Waals surface area contributed by atoms with Crippen LogP contribution in [0.25, 0.3) is 22.2 Å². The molecule has 5 aromatic rings. The van der Waals surface area contributed by atoms with Gasteiger partial charge in [0.2, 0.25) is 0 Å². The molecule has 0 aliphatic carbocycles. The minimum atomic E-state index is -4.49. The summed E-state index contributed by atoms with van der Waals surface area (Å²) in [6.07, 6.45) is 11.2. The molecule has 0 atom stereocenters. The maximum atomic E-state index is 10.7. The first-order chi connectivity index (χ1) is 26.9. The van der Waals surface area contributed by atoms with Gasteiger partial charge in [0, 0.05) is 77.2 Å². The molecule has 0 bridgehead atoms. The zero-order chi connectivity index (χ0) is 39.1. The van der Waals surface area contributed by atoms with Crippen LogP contribution in [0.1, 0.15) is 19.8 Å². The number of rotatable bonds is 12. The van der Waals surface area contributed by atoms with E-state index >= 15 is 0 Å². The number of piperidine rings is 1. The van der Waals surface area contributed by atoms with Crippen molar-refractivity contribution in [2.24, 2.45) is 0 Å². The Balaban J connectivity index is 1.05. The van der Waals surface area contributed by atoms with Gasteiger partial charge in [0.25, 0.3) is 0 Å². The number of hydrogen-bond donors (Lipinski definition) is 5. The second-order valence-corrected chi connectivity index (χ2v) is 20.0. The Kier molecular flexibility index (Phi) is 10.8. The molecule has 3 aliphatic heterocycles. The van der Waals surface area contributed by atoms with E-state index in [0.717, 1.165) is 68.7 Å². The van der Waals surface area contributed by atoms with Crippen LogP contribution in [0.2, 0.25) is 0 Å². The van der Waals surface area contributed by atoms with Gasteiger partial charge in [0.1, 0.15) is 0 Å². The Bertz CT molecular complexity index is 2190. The number of nitrogens with zero attached hydrogens (tertiary/aromatic N) is 9. The van der Waals surface area contributed by atoms with E-state index in [1.165, 1.54) is 45.5 Å². The average molecular weight is 850 g/mol. The summed E-state index contributed by atoms with van der Waals surface area (Å²) < 4.78 is 14.4. The molecule has 18 heteroatoms. The van der Waals surface area contributed by atoms with Gasteiger partial charge in [-0.2, -0.15) is 5.10 Å². The van der Waals surface area contributed by atoms with Crippen molar-refractivity contribution in [1.29, 1.82) is 0 Å². The van der Waals surface area contributed by atoms with Crippen molar-refractivity contribution in [3.63, 3.8) is 0 Å². The predicted octanol–water partition coefficient (Wildman–Crippen LogP) is 5.04. The van der Waals surface area contributed by atoms with Crippen LogP contribution in [0.3, 0.4) is 0 Å². The molecule has 0 saturated carbocycles. The molecule has 0 spiro atoms. The van der Waals surface area contributed by atoms with Crippen molar-refractivity contribution in [3.8, 4) is 22.6 Å². The summed E-state index contributed by atoms with van der Waals surface area (Å²) in [5, 5.41) is 14.7. The quantitative estimate of drug-likeness (QED) is 0.106. The van der Waals surface area contributed by atoms with Gasteiger partial charge in [0.05, 0.1) is 6.20 Å². The number of halogens is 1. The molecular formula is C38H50BrN12O4P. The third kappa shape index (κ3) is 8.54. The van der Waals surface area contributed by atoms with Crippen LogP contribution in [0.4, 0.5) is 28.8 Å². The molecule has 2 aromatic carbocycles. The Hall–Kier alpha value is -4.22. The van der Waals surface area contributed by atoms with Crippen molar-refractivity contribution in [2.45, 2.75) is 38.4 Å². The van der Waals surface area contributed by atoms with E-state index in [0.29, 0.717) is 50.4 Å². The number of benzene rings is 2. The smallest absolute Gasteiger partial charge is 0.368 e. The Morgan fingerprint density at radius 2 is 1.66 bits per heavy atom. The van der Waals surface area contributed by atoms with E-state index in [-0.39, 0.29) is 5.75 Å². The summed E-state index contributed by atoms with van der Waals surface area (Å²) in [5.41, 5.74) is 5.15. The Labute approximate surface area is 334 Å². The van der Waals surface area contributed by atoms with E-state index < -0.39 is 7.28 Å². The molecular weight excluding hydrogens is 799 g/mol. The standard InChI is InChI=1S/C38H50BrN12O4P/c1-5-51-24-25(20-44-51)28-18-32(34(54-2)19-33(28)50-16-14-49(15-17-50)26-8-12-48(13-9-26)27-21-40-22-27)46-38-43-23-29(39)37(47-38)45-31-7-6-30-35(42-11-10-41-30)36(31)55-56(3,4,52)53/h6-7,10-11,18-20,23-24,26-27,40,52-53H,5,8-9,12-17,21-22H2,1-4H3,(H2,43,45,46,47). The molecule has 0 radical (unpaired) electrons. The number of hydrogen-bond acceptors (Lipinski definition) is 15. The molecule has 0 unspecified atom stereocenters. The van der Waals surface area contributed by atoms with Crippen LogP contribution in [-0.4, -0.2) is 134 Å². The molecule has 8 rings (SSSR count). The second-order valence-electron chi connectivity index (χ2n) is 15.2. The summed E-state index contributed by atoms with van der Waals surface area (Å²) in [5.74, 6) is 1.51. The summed E-state index contributed by atoms with van der Waals surface area (Å²) in [4.78, 5) is 47.4. The summed E-state index contributed by atoms with van der Waals surface area (Å²) in [6.45, 7) is 13.9. The van der Waals surface area contributed by atoms with Crippen molar-refractivity contribution < 1.29 is 19.0 Å². The van der Waals surface area contributed by atoms with Crippen molar-refractivity contribution in [1.82, 2.24) is 44.8 Å². The van der Waals surface area contributed by atoms with Crippen LogP contribution in [0.5, 0.6) is 11.5 Å². The summed E-state index contributed by atoms with van der Waals surface area (Å²) in [7, 11) is -2.82. The van der Waals surface area contributed by atoms with Gasteiger partial charge in [-0.05, 0) is 19.8 Å². The fourth-order valence-corrected chi connectivity index (χ4v) is 8.71. The molecule has 3 aliphatic rings. The zero-order valence-corrected chi connectivity index (χ0v) is 34.7. The molecule has 3 fully saturated rings. The van der Waals surface area contributed by atoms with Crippen LogP contribution >= 0.6 is 23.2 Å². The Morgan fingerprint density at radius 1 is 0.911 bits per heavy atom. The molecule has 298 valence electrons. The number of methoxy groups -OCH3 is 1. The normalized spacial score (nSPS) is 18.3. The molecule has 16 nitrogen and oxygen atoms in total. The number of likely N-dealkylation sites (tertiary alicyclic amines) is 1. The predicted molar refractivity (Wildman–Crippen MR) is 225 cm³/mol.